The molecule has 5 nitrogen and oxygen atoms in total. The minimum absolute atomic E-state index is 0.140. The largest absolute Gasteiger partial charge is 0.379 e. The predicted molar refractivity (Wildman–Crippen MR) is 64.9 cm³/mol. The number of hydroxylamine groups is 1. The quantitative estimate of drug-likeness (QED) is 0.401. The third-order valence-electron chi connectivity index (χ3n) is 1.97. The highest BCUT2D eigenvalue weighted by atomic mass is 32.2. The molecule has 0 bridgehead atoms. The summed E-state index contributed by atoms with van der Waals surface area (Å²) in [7, 11) is 0. The molecule has 0 spiro atoms. The van der Waals surface area contributed by atoms with Gasteiger partial charge in [-0.25, -0.2) is 0 Å². The van der Waals surface area contributed by atoms with Crippen LogP contribution in [-0.2, 0) is 4.79 Å². The number of para-hydroxylation sites is 1. The van der Waals surface area contributed by atoms with E-state index in [1.54, 1.807) is 12.1 Å². The number of nitrogens with one attached hydrogen (secondary N) is 1. The highest BCUT2D eigenvalue weighted by Crippen LogP contribution is 2.42. The predicted octanol–water partition coefficient (Wildman–Crippen LogP) is 1.47. The topological polar surface area (TPSA) is 90.4 Å². The van der Waals surface area contributed by atoms with E-state index in [0.717, 1.165) is 16.7 Å². The molecule has 0 saturated carbocycles. The Morgan fingerprint density at radius 3 is 2.94 bits per heavy atom. The number of amidine groups is 1. The molecule has 0 radical (unpaired) electrons. The molecule has 7 heteroatoms. The Labute approximate surface area is 100 Å². The van der Waals surface area contributed by atoms with Gasteiger partial charge in [0, 0.05) is 4.90 Å². The molecule has 16 heavy (non-hydrogen) atoms. The zero-order valence-electron chi connectivity index (χ0n) is 8.08. The highest BCUT2D eigenvalue weighted by Gasteiger charge is 2.33. The van der Waals surface area contributed by atoms with Crippen LogP contribution in [0.5, 0.6) is 0 Å². The van der Waals surface area contributed by atoms with Gasteiger partial charge in [0.15, 0.2) is 5.17 Å². The first-order valence-electron chi connectivity index (χ1n) is 4.39. The minimum Gasteiger partial charge on any atom is -0.379 e. The Kier molecular flexibility index (Phi) is 3.08. The Bertz CT molecular complexity index is 452. The van der Waals surface area contributed by atoms with Gasteiger partial charge in [-0.05, 0) is 12.1 Å². The molecule has 1 heterocycles. The Morgan fingerprint density at radius 2 is 2.25 bits per heavy atom. The van der Waals surface area contributed by atoms with Crippen LogP contribution in [0.25, 0.3) is 0 Å². The molecule has 1 atom stereocenters. The maximum absolute atomic E-state index is 11.7. The molecule has 1 aliphatic rings. The van der Waals surface area contributed by atoms with E-state index in [1.165, 1.54) is 11.8 Å². The van der Waals surface area contributed by atoms with Crippen molar-refractivity contribution in [3.8, 4) is 0 Å². The summed E-state index contributed by atoms with van der Waals surface area (Å²) in [6, 6.07) is 7.04. The second kappa shape index (κ2) is 4.36. The number of carbonyl (C=O) groups is 1. The Morgan fingerprint density at radius 1 is 1.56 bits per heavy atom. The monoisotopic (exact) mass is 255 g/mol. The molecule has 0 saturated heterocycles. The van der Waals surface area contributed by atoms with Crippen LogP contribution in [0.1, 0.15) is 0 Å². The number of amides is 1. The average Bonchev–Trinajstić information content (AvgIpc) is 2.25. The van der Waals surface area contributed by atoms with Crippen molar-refractivity contribution in [3.63, 3.8) is 0 Å². The lowest BCUT2D eigenvalue weighted by Crippen LogP contribution is -2.38. The molecule has 0 aromatic heterocycles. The first kappa shape index (κ1) is 11.3. The van der Waals surface area contributed by atoms with Crippen molar-refractivity contribution in [2.75, 3.05) is 5.06 Å². The number of carbonyl (C=O) groups excluding carboxylic acids is 1. The second-order valence-corrected chi connectivity index (χ2v) is 5.64. The van der Waals surface area contributed by atoms with E-state index in [-0.39, 0.29) is 5.17 Å². The third-order valence-corrected chi connectivity index (χ3v) is 4.23. The summed E-state index contributed by atoms with van der Waals surface area (Å²) in [4.78, 5) is 12.5. The van der Waals surface area contributed by atoms with Gasteiger partial charge in [0.2, 0.25) is 0 Å². The van der Waals surface area contributed by atoms with Crippen molar-refractivity contribution in [2.24, 2.45) is 5.73 Å². The van der Waals surface area contributed by atoms with E-state index in [0.29, 0.717) is 10.8 Å². The number of hydrogen-bond acceptors (Lipinski definition) is 5. The summed E-state index contributed by atoms with van der Waals surface area (Å²) in [5.74, 6) is -0.469. The van der Waals surface area contributed by atoms with Crippen LogP contribution in [-0.4, -0.2) is 20.9 Å². The molecule has 1 aromatic carbocycles. The lowest BCUT2D eigenvalue weighted by atomic mass is 10.3. The van der Waals surface area contributed by atoms with Crippen LogP contribution in [0.3, 0.4) is 0 Å². The van der Waals surface area contributed by atoms with Gasteiger partial charge < -0.3 is 5.73 Å². The molecule has 1 aliphatic heterocycles. The van der Waals surface area contributed by atoms with Crippen molar-refractivity contribution in [3.05, 3.63) is 24.3 Å². The van der Waals surface area contributed by atoms with E-state index in [1.807, 2.05) is 12.1 Å². The van der Waals surface area contributed by atoms with E-state index in [9.17, 15) is 10.0 Å². The van der Waals surface area contributed by atoms with E-state index >= 15 is 0 Å². The number of anilines is 1. The number of thioether (sulfide) groups is 2. The Hall–Kier alpha value is -1.18. The molecule has 0 aliphatic carbocycles. The fraction of sp³-hybridized carbons (Fsp3) is 0.111. The van der Waals surface area contributed by atoms with Crippen LogP contribution < -0.4 is 10.8 Å². The van der Waals surface area contributed by atoms with Gasteiger partial charge in [-0.1, -0.05) is 35.7 Å². The molecule has 1 unspecified atom stereocenters. The lowest BCUT2D eigenvalue weighted by molar-refractivity contribution is -0.121. The summed E-state index contributed by atoms with van der Waals surface area (Å²) >= 11 is 2.21. The molecule has 1 aromatic rings. The van der Waals surface area contributed by atoms with Gasteiger partial charge in [-0.15, -0.1) is 0 Å². The maximum atomic E-state index is 11.7. The maximum Gasteiger partial charge on any atom is 0.274 e. The summed E-state index contributed by atoms with van der Waals surface area (Å²) in [6.07, 6.45) is 0. The normalized spacial score (nSPS) is 19.4. The summed E-state index contributed by atoms with van der Waals surface area (Å²) in [6.45, 7) is 0. The number of nitrogens with zero attached hydrogens (tertiary/aromatic N) is 1. The van der Waals surface area contributed by atoms with Gasteiger partial charge in [0.05, 0.1) is 5.69 Å². The zero-order valence-corrected chi connectivity index (χ0v) is 9.72. The average molecular weight is 255 g/mol. The fourth-order valence-corrected chi connectivity index (χ4v) is 3.42. The Balaban J connectivity index is 2.32. The number of fused-ring (bicyclic) bond motifs is 1. The number of nitrogens with two attached hydrogens (primary N) is 1. The van der Waals surface area contributed by atoms with Crippen LogP contribution in [0.15, 0.2) is 29.2 Å². The second-order valence-electron chi connectivity index (χ2n) is 3.05. The van der Waals surface area contributed by atoms with Crippen molar-refractivity contribution in [2.45, 2.75) is 9.48 Å². The smallest absolute Gasteiger partial charge is 0.274 e. The molecule has 2 rings (SSSR count). The first-order valence-corrected chi connectivity index (χ1v) is 6.14. The van der Waals surface area contributed by atoms with Gasteiger partial charge in [-0.3, -0.25) is 15.4 Å². The zero-order chi connectivity index (χ0) is 11.7. The fourth-order valence-electron chi connectivity index (χ4n) is 1.31. The lowest BCUT2D eigenvalue weighted by Gasteiger charge is -2.28. The number of hydrogen-bond donors (Lipinski definition) is 3. The van der Waals surface area contributed by atoms with E-state index < -0.39 is 10.5 Å². The van der Waals surface area contributed by atoms with Crippen LogP contribution in [0, 0.1) is 5.41 Å². The number of rotatable bonds is 1. The molecular weight excluding hydrogens is 246 g/mol. The molecule has 1 amide bonds. The summed E-state index contributed by atoms with van der Waals surface area (Å²) in [5, 5.41) is 17.3. The van der Waals surface area contributed by atoms with E-state index in [2.05, 4.69) is 0 Å². The first-order chi connectivity index (χ1) is 7.59. The van der Waals surface area contributed by atoms with Gasteiger partial charge in [0.1, 0.15) is 4.58 Å². The summed E-state index contributed by atoms with van der Waals surface area (Å²) < 4.78 is -0.600. The van der Waals surface area contributed by atoms with Crippen molar-refractivity contribution in [1.82, 2.24) is 0 Å². The molecule has 0 fully saturated rings. The molecule has 4 N–H and O–H groups in total. The van der Waals surface area contributed by atoms with Gasteiger partial charge in [-0.2, -0.15) is 5.06 Å². The third kappa shape index (κ3) is 2.01. The molecule has 84 valence electrons. The van der Waals surface area contributed by atoms with Crippen LogP contribution in [0.4, 0.5) is 5.69 Å². The van der Waals surface area contributed by atoms with Gasteiger partial charge in [0.25, 0.3) is 5.91 Å². The van der Waals surface area contributed by atoms with Gasteiger partial charge >= 0.3 is 0 Å². The van der Waals surface area contributed by atoms with E-state index in [4.69, 9.17) is 11.1 Å². The molecular formula is C9H9N3O2S2. The van der Waals surface area contributed by atoms with Crippen molar-refractivity contribution >= 4 is 40.3 Å². The minimum atomic E-state index is -0.600. The summed E-state index contributed by atoms with van der Waals surface area (Å²) in [5.41, 5.74) is 5.70. The van der Waals surface area contributed by atoms with Crippen LogP contribution in [0.2, 0.25) is 0 Å². The van der Waals surface area contributed by atoms with Crippen molar-refractivity contribution < 1.29 is 10.0 Å². The standard InChI is InChI=1S/C9H9N3O2S2/c10-9(11)16-8-7(13)12(14)5-3-1-2-4-6(5)15-8/h1-4,8,14H,(H3,10,11). The number of benzene rings is 1. The van der Waals surface area contributed by atoms with Crippen LogP contribution >= 0.6 is 23.5 Å². The highest BCUT2D eigenvalue weighted by molar-refractivity contribution is 8.25. The SMILES string of the molecule is N=C(N)SC1Sc2ccccc2N(O)C1=O. The van der Waals surface area contributed by atoms with Crippen molar-refractivity contribution in [1.29, 1.82) is 5.41 Å².